The lowest BCUT2D eigenvalue weighted by molar-refractivity contribution is -0.153. The Morgan fingerprint density at radius 2 is 1.95 bits per heavy atom. The van der Waals surface area contributed by atoms with Crippen molar-refractivity contribution in [1.82, 2.24) is 15.1 Å². The first-order valence-corrected chi connectivity index (χ1v) is 6.81. The van der Waals surface area contributed by atoms with Gasteiger partial charge in [0.05, 0.1) is 13.2 Å². The van der Waals surface area contributed by atoms with Crippen molar-refractivity contribution in [2.75, 3.05) is 47.0 Å². The summed E-state index contributed by atoms with van der Waals surface area (Å²) in [4.78, 5) is 38.0. The van der Waals surface area contributed by atoms with Crippen LogP contribution in [0, 0.1) is 0 Å². The van der Waals surface area contributed by atoms with Crippen LogP contribution in [0.5, 0.6) is 0 Å². The predicted octanol–water partition coefficient (Wildman–Crippen LogP) is -0.562. The Balaban J connectivity index is 2.60. The highest BCUT2D eigenvalue weighted by atomic mass is 16.5. The largest absolute Gasteiger partial charge is 0.382 e. The number of amides is 4. The first-order chi connectivity index (χ1) is 9.88. The van der Waals surface area contributed by atoms with Gasteiger partial charge in [-0.2, -0.15) is 0 Å². The molecule has 1 aliphatic rings. The van der Waals surface area contributed by atoms with Crippen molar-refractivity contribution in [2.45, 2.75) is 19.4 Å². The number of hydrogen-bond acceptors (Lipinski definition) is 5. The number of imide groups is 1. The molecule has 120 valence electrons. The number of hydrogen-bond donors (Lipinski definition) is 1. The van der Waals surface area contributed by atoms with Crippen LogP contribution in [0.4, 0.5) is 4.79 Å². The number of likely N-dealkylation sites (N-methyl/N-ethyl adjacent to an activating group) is 1. The van der Waals surface area contributed by atoms with Crippen LogP contribution in [0.1, 0.15) is 13.8 Å². The van der Waals surface area contributed by atoms with E-state index in [-0.39, 0.29) is 13.1 Å². The molecule has 1 rings (SSSR count). The van der Waals surface area contributed by atoms with Gasteiger partial charge < -0.3 is 19.7 Å². The highest BCUT2D eigenvalue weighted by Gasteiger charge is 2.36. The van der Waals surface area contributed by atoms with Crippen LogP contribution in [0.3, 0.4) is 0 Å². The molecule has 0 bridgehead atoms. The average molecular weight is 301 g/mol. The van der Waals surface area contributed by atoms with Gasteiger partial charge in [-0.15, -0.1) is 0 Å². The molecule has 0 aliphatic carbocycles. The van der Waals surface area contributed by atoms with Crippen LogP contribution in [0.15, 0.2) is 0 Å². The van der Waals surface area contributed by atoms with E-state index in [1.54, 1.807) is 13.8 Å². The van der Waals surface area contributed by atoms with E-state index in [2.05, 4.69) is 5.32 Å². The Morgan fingerprint density at radius 1 is 1.29 bits per heavy atom. The minimum atomic E-state index is -0.800. The van der Waals surface area contributed by atoms with Gasteiger partial charge in [-0.25, -0.2) is 4.79 Å². The fraction of sp³-hybridized carbons (Fsp3) is 0.769. The molecule has 1 saturated heterocycles. The molecule has 8 heteroatoms. The molecule has 0 radical (unpaired) electrons. The van der Waals surface area contributed by atoms with Gasteiger partial charge >= 0.3 is 17.8 Å². The Kier molecular flexibility index (Phi) is 6.10. The minimum Gasteiger partial charge on any atom is -0.382 e. The molecule has 1 N–H and O–H groups in total. The molecule has 4 amide bonds. The van der Waals surface area contributed by atoms with E-state index in [0.717, 1.165) is 4.90 Å². The third-order valence-corrected chi connectivity index (χ3v) is 3.49. The minimum absolute atomic E-state index is 0.172. The summed E-state index contributed by atoms with van der Waals surface area (Å²) in [7, 11) is 3.05. The zero-order valence-corrected chi connectivity index (χ0v) is 13.0. The maximum absolute atomic E-state index is 12.0. The summed E-state index contributed by atoms with van der Waals surface area (Å²) < 4.78 is 10.3. The number of methoxy groups -OCH3 is 2. The second-order valence-electron chi connectivity index (χ2n) is 5.09. The third kappa shape index (κ3) is 4.15. The van der Waals surface area contributed by atoms with Crippen LogP contribution in [0.2, 0.25) is 0 Å². The van der Waals surface area contributed by atoms with Crippen molar-refractivity contribution in [3.63, 3.8) is 0 Å². The molecule has 1 unspecified atom stereocenters. The summed E-state index contributed by atoms with van der Waals surface area (Å²) in [5, 5.41) is 2.60. The molecule has 0 aromatic rings. The zero-order chi connectivity index (χ0) is 16.0. The maximum atomic E-state index is 12.0. The number of piperazine rings is 1. The third-order valence-electron chi connectivity index (χ3n) is 3.49. The molecule has 0 aromatic carbocycles. The Labute approximate surface area is 124 Å². The fourth-order valence-corrected chi connectivity index (χ4v) is 2.02. The summed E-state index contributed by atoms with van der Waals surface area (Å²) in [6.07, 6.45) is 0. The number of nitrogens with zero attached hydrogens (tertiary/aromatic N) is 2. The van der Waals surface area contributed by atoms with E-state index < -0.39 is 23.4 Å². The van der Waals surface area contributed by atoms with Crippen LogP contribution in [-0.4, -0.2) is 80.3 Å². The van der Waals surface area contributed by atoms with Gasteiger partial charge in [-0.3, -0.25) is 14.5 Å². The summed E-state index contributed by atoms with van der Waals surface area (Å²) in [6.45, 7) is 5.03. The van der Waals surface area contributed by atoms with E-state index >= 15 is 0 Å². The van der Waals surface area contributed by atoms with E-state index in [9.17, 15) is 14.4 Å². The lowest BCUT2D eigenvalue weighted by Gasteiger charge is -2.33. The first kappa shape index (κ1) is 17.4. The molecular formula is C13H23N3O5. The van der Waals surface area contributed by atoms with Gasteiger partial charge in [-0.05, 0) is 13.8 Å². The van der Waals surface area contributed by atoms with Gasteiger partial charge in [0.15, 0.2) is 0 Å². The SMILES string of the molecule is CCN1CCN(C(=O)NCC(C)(COC)OC)C(=O)C1=O. The Morgan fingerprint density at radius 3 is 2.48 bits per heavy atom. The summed E-state index contributed by atoms with van der Waals surface area (Å²) in [6, 6.07) is -0.594. The molecule has 0 spiro atoms. The number of nitrogens with one attached hydrogen (secondary N) is 1. The number of carbonyl (C=O) groups excluding carboxylic acids is 3. The molecule has 21 heavy (non-hydrogen) atoms. The lowest BCUT2D eigenvalue weighted by atomic mass is 10.1. The molecule has 1 atom stereocenters. The average Bonchev–Trinajstić information content (AvgIpc) is 2.48. The van der Waals surface area contributed by atoms with E-state index in [1.807, 2.05) is 0 Å². The zero-order valence-electron chi connectivity index (χ0n) is 13.0. The van der Waals surface area contributed by atoms with Gasteiger partial charge in [0, 0.05) is 33.9 Å². The van der Waals surface area contributed by atoms with Crippen molar-refractivity contribution in [1.29, 1.82) is 0 Å². The Hall–Kier alpha value is -1.67. The molecular weight excluding hydrogens is 278 g/mol. The van der Waals surface area contributed by atoms with Gasteiger partial charge in [-0.1, -0.05) is 0 Å². The lowest BCUT2D eigenvalue weighted by Crippen LogP contribution is -2.59. The summed E-state index contributed by atoms with van der Waals surface area (Å²) in [5.41, 5.74) is -0.692. The van der Waals surface area contributed by atoms with Crippen LogP contribution in [-0.2, 0) is 19.1 Å². The molecule has 1 heterocycles. The molecule has 1 fully saturated rings. The highest BCUT2D eigenvalue weighted by Crippen LogP contribution is 2.09. The van der Waals surface area contributed by atoms with Crippen molar-refractivity contribution in [3.05, 3.63) is 0 Å². The van der Waals surface area contributed by atoms with Crippen molar-refractivity contribution in [2.24, 2.45) is 0 Å². The second-order valence-corrected chi connectivity index (χ2v) is 5.09. The van der Waals surface area contributed by atoms with Crippen LogP contribution < -0.4 is 5.32 Å². The normalized spacial score (nSPS) is 18.7. The fourth-order valence-electron chi connectivity index (χ4n) is 2.02. The Bertz CT molecular complexity index is 415. The van der Waals surface area contributed by atoms with Gasteiger partial charge in [0.25, 0.3) is 0 Å². The summed E-state index contributed by atoms with van der Waals surface area (Å²) in [5.74, 6) is -1.45. The van der Waals surface area contributed by atoms with Crippen LogP contribution >= 0.6 is 0 Å². The van der Waals surface area contributed by atoms with E-state index in [1.165, 1.54) is 19.1 Å². The molecule has 1 aliphatic heterocycles. The van der Waals surface area contributed by atoms with E-state index in [0.29, 0.717) is 19.7 Å². The predicted molar refractivity (Wildman–Crippen MR) is 74.7 cm³/mol. The number of ether oxygens (including phenoxy) is 2. The summed E-state index contributed by atoms with van der Waals surface area (Å²) >= 11 is 0. The number of carbonyl (C=O) groups is 3. The molecule has 0 saturated carbocycles. The smallest absolute Gasteiger partial charge is 0.324 e. The quantitative estimate of drug-likeness (QED) is 0.664. The topological polar surface area (TPSA) is 88.2 Å². The van der Waals surface area contributed by atoms with Crippen LogP contribution in [0.25, 0.3) is 0 Å². The van der Waals surface area contributed by atoms with Crippen molar-refractivity contribution >= 4 is 17.8 Å². The van der Waals surface area contributed by atoms with Crippen molar-refractivity contribution in [3.8, 4) is 0 Å². The molecule has 0 aromatic heterocycles. The van der Waals surface area contributed by atoms with Gasteiger partial charge in [0.2, 0.25) is 0 Å². The monoisotopic (exact) mass is 301 g/mol. The maximum Gasteiger partial charge on any atom is 0.324 e. The number of rotatable bonds is 6. The first-order valence-electron chi connectivity index (χ1n) is 6.81. The van der Waals surface area contributed by atoms with Gasteiger partial charge in [0.1, 0.15) is 5.60 Å². The van der Waals surface area contributed by atoms with Crippen molar-refractivity contribution < 1.29 is 23.9 Å². The number of urea groups is 1. The highest BCUT2D eigenvalue weighted by molar-refractivity contribution is 6.38. The van der Waals surface area contributed by atoms with E-state index in [4.69, 9.17) is 9.47 Å². The molecule has 8 nitrogen and oxygen atoms in total. The standard InChI is InChI=1S/C13H23N3O5/c1-5-15-6-7-16(11(18)10(15)17)12(19)14-8-13(2,21-4)9-20-3/h5-9H2,1-4H3,(H,14,19). The second kappa shape index (κ2) is 7.37.